The number of nitrogens with one attached hydrogen (secondary N) is 1. The number of carbonyl (C=O) groups is 1. The number of unbranched alkanes of at least 4 members (excludes halogenated alkanes) is 1. The van der Waals surface area contributed by atoms with Crippen LogP contribution in [-0.2, 0) is 9.53 Å². The Labute approximate surface area is 86.2 Å². The lowest BCUT2D eigenvalue weighted by Gasteiger charge is -2.14. The van der Waals surface area contributed by atoms with Gasteiger partial charge >= 0.3 is 0 Å². The van der Waals surface area contributed by atoms with Gasteiger partial charge in [0.15, 0.2) is 0 Å². The van der Waals surface area contributed by atoms with Crippen LogP contribution in [0.15, 0.2) is 0 Å². The van der Waals surface area contributed by atoms with Gasteiger partial charge in [-0.25, -0.2) is 0 Å². The lowest BCUT2D eigenvalue weighted by molar-refractivity contribution is -0.123. The molecule has 3 N–H and O–H groups in total. The molecule has 2 atom stereocenters. The molecule has 1 amide bonds. The van der Waals surface area contributed by atoms with Crippen LogP contribution >= 0.6 is 0 Å². The molecule has 0 radical (unpaired) electrons. The predicted molar refractivity (Wildman–Crippen MR) is 57.0 cm³/mol. The molecule has 1 unspecified atom stereocenters. The molecule has 4 nitrogen and oxygen atoms in total. The lowest BCUT2D eigenvalue weighted by Crippen LogP contribution is -2.43. The van der Waals surface area contributed by atoms with E-state index in [1.807, 2.05) is 6.92 Å². The van der Waals surface area contributed by atoms with E-state index < -0.39 is 0 Å². The number of ether oxygens (including phenoxy) is 1. The van der Waals surface area contributed by atoms with Crippen molar-refractivity contribution in [2.45, 2.75) is 45.3 Å². The van der Waals surface area contributed by atoms with E-state index in [4.69, 9.17) is 10.5 Å². The van der Waals surface area contributed by atoms with Crippen LogP contribution in [0.5, 0.6) is 0 Å². The monoisotopic (exact) mass is 202 g/mol. The fourth-order valence-electron chi connectivity index (χ4n) is 1.01. The zero-order valence-corrected chi connectivity index (χ0v) is 9.38. The van der Waals surface area contributed by atoms with E-state index in [9.17, 15) is 4.79 Å². The van der Waals surface area contributed by atoms with Crippen molar-refractivity contribution in [2.75, 3.05) is 13.7 Å². The molecule has 0 rings (SSSR count). The maximum atomic E-state index is 11.4. The Morgan fingerprint density at radius 2 is 2.21 bits per heavy atom. The van der Waals surface area contributed by atoms with Crippen molar-refractivity contribution in [1.82, 2.24) is 5.32 Å². The summed E-state index contributed by atoms with van der Waals surface area (Å²) in [5.41, 5.74) is 5.68. The van der Waals surface area contributed by atoms with E-state index in [0.717, 1.165) is 19.3 Å². The largest absolute Gasteiger partial charge is 0.380 e. The summed E-state index contributed by atoms with van der Waals surface area (Å²) in [4.78, 5) is 11.4. The van der Waals surface area contributed by atoms with Gasteiger partial charge in [0, 0.05) is 13.7 Å². The van der Waals surface area contributed by atoms with Gasteiger partial charge < -0.3 is 15.8 Å². The molecule has 0 aromatic heterocycles. The van der Waals surface area contributed by atoms with Crippen LogP contribution in [0, 0.1) is 0 Å². The quantitative estimate of drug-likeness (QED) is 0.637. The minimum Gasteiger partial charge on any atom is -0.380 e. The summed E-state index contributed by atoms with van der Waals surface area (Å²) in [6.45, 7) is 4.50. The molecule has 84 valence electrons. The van der Waals surface area contributed by atoms with Gasteiger partial charge in [-0.1, -0.05) is 19.8 Å². The lowest BCUT2D eigenvalue weighted by atomic mass is 10.1. The number of carbonyl (C=O) groups excluding carboxylic acids is 1. The average Bonchev–Trinajstić information content (AvgIpc) is 2.21. The second-order valence-corrected chi connectivity index (χ2v) is 3.54. The number of hydrogen-bond acceptors (Lipinski definition) is 3. The highest BCUT2D eigenvalue weighted by Gasteiger charge is 2.12. The van der Waals surface area contributed by atoms with Crippen molar-refractivity contribution in [3.05, 3.63) is 0 Å². The minimum atomic E-state index is -0.376. The zero-order chi connectivity index (χ0) is 11.0. The first-order valence-electron chi connectivity index (χ1n) is 5.17. The van der Waals surface area contributed by atoms with Crippen molar-refractivity contribution in [3.63, 3.8) is 0 Å². The summed E-state index contributed by atoms with van der Waals surface area (Å²) in [6, 6.07) is -0.376. The number of rotatable bonds is 7. The molecule has 0 aliphatic heterocycles. The Hall–Kier alpha value is -0.610. The second kappa shape index (κ2) is 7.76. The normalized spacial score (nSPS) is 14.9. The van der Waals surface area contributed by atoms with Gasteiger partial charge in [0.25, 0.3) is 0 Å². The molecule has 14 heavy (non-hydrogen) atoms. The van der Waals surface area contributed by atoms with E-state index in [-0.39, 0.29) is 18.1 Å². The van der Waals surface area contributed by atoms with Gasteiger partial charge in [-0.3, -0.25) is 4.79 Å². The van der Waals surface area contributed by atoms with Crippen LogP contribution in [0.1, 0.15) is 33.1 Å². The highest BCUT2D eigenvalue weighted by atomic mass is 16.5. The Bertz CT molecular complexity index is 162. The second-order valence-electron chi connectivity index (χ2n) is 3.54. The molecule has 0 aliphatic rings. The van der Waals surface area contributed by atoms with E-state index in [1.54, 1.807) is 7.11 Å². The molecule has 0 bridgehead atoms. The molecule has 0 heterocycles. The van der Waals surface area contributed by atoms with E-state index in [1.165, 1.54) is 0 Å². The van der Waals surface area contributed by atoms with Crippen molar-refractivity contribution in [1.29, 1.82) is 0 Å². The van der Waals surface area contributed by atoms with Crippen LogP contribution in [0.25, 0.3) is 0 Å². The summed E-state index contributed by atoms with van der Waals surface area (Å²) in [5.74, 6) is -0.0812. The van der Waals surface area contributed by atoms with Crippen LogP contribution in [0.2, 0.25) is 0 Å². The summed E-state index contributed by atoms with van der Waals surface area (Å²) >= 11 is 0. The maximum absolute atomic E-state index is 11.4. The first-order valence-corrected chi connectivity index (χ1v) is 5.17. The average molecular weight is 202 g/mol. The minimum absolute atomic E-state index is 0.0392. The predicted octanol–water partition coefficient (Wildman–Crippen LogP) is 0.655. The molecule has 0 aromatic rings. The van der Waals surface area contributed by atoms with Gasteiger partial charge in [-0.2, -0.15) is 0 Å². The Morgan fingerprint density at radius 3 is 2.71 bits per heavy atom. The third-order valence-electron chi connectivity index (χ3n) is 2.17. The van der Waals surface area contributed by atoms with Gasteiger partial charge in [-0.05, 0) is 13.3 Å². The molecule has 0 fully saturated rings. The number of hydrogen-bond donors (Lipinski definition) is 2. The van der Waals surface area contributed by atoms with E-state index >= 15 is 0 Å². The molecule has 0 spiro atoms. The van der Waals surface area contributed by atoms with Crippen LogP contribution < -0.4 is 11.1 Å². The van der Waals surface area contributed by atoms with Crippen molar-refractivity contribution in [2.24, 2.45) is 5.73 Å². The Balaban J connectivity index is 3.61. The SMILES string of the molecule is CCCC[C@H](N)C(=O)NCC(C)OC. The van der Waals surface area contributed by atoms with Crippen molar-refractivity contribution < 1.29 is 9.53 Å². The van der Waals surface area contributed by atoms with Crippen LogP contribution in [-0.4, -0.2) is 31.7 Å². The third kappa shape index (κ3) is 5.94. The standard InChI is InChI=1S/C10H22N2O2/c1-4-5-6-9(11)10(13)12-7-8(2)14-3/h8-9H,4-7,11H2,1-3H3,(H,12,13)/t8?,9-/m0/s1. The summed E-state index contributed by atoms with van der Waals surface area (Å²) in [6.07, 6.45) is 2.85. The molecule has 0 saturated heterocycles. The molecule has 0 aromatic carbocycles. The molecule has 0 aliphatic carbocycles. The molecule has 0 saturated carbocycles. The van der Waals surface area contributed by atoms with Gasteiger partial charge in [-0.15, -0.1) is 0 Å². The van der Waals surface area contributed by atoms with Gasteiger partial charge in [0.05, 0.1) is 12.1 Å². The maximum Gasteiger partial charge on any atom is 0.237 e. The summed E-state index contributed by atoms with van der Waals surface area (Å²) < 4.78 is 5.01. The van der Waals surface area contributed by atoms with Gasteiger partial charge in [0.1, 0.15) is 0 Å². The number of amides is 1. The molecule has 4 heteroatoms. The first-order chi connectivity index (χ1) is 6.61. The van der Waals surface area contributed by atoms with Crippen LogP contribution in [0.3, 0.4) is 0 Å². The highest BCUT2D eigenvalue weighted by Crippen LogP contribution is 1.98. The topological polar surface area (TPSA) is 64.4 Å². The van der Waals surface area contributed by atoms with Crippen molar-refractivity contribution >= 4 is 5.91 Å². The molecular formula is C10H22N2O2. The fourth-order valence-corrected chi connectivity index (χ4v) is 1.01. The number of methoxy groups -OCH3 is 1. The van der Waals surface area contributed by atoms with Gasteiger partial charge in [0.2, 0.25) is 5.91 Å². The van der Waals surface area contributed by atoms with Crippen LogP contribution in [0.4, 0.5) is 0 Å². The smallest absolute Gasteiger partial charge is 0.237 e. The summed E-state index contributed by atoms with van der Waals surface area (Å²) in [5, 5.41) is 2.75. The molecular weight excluding hydrogens is 180 g/mol. The van der Waals surface area contributed by atoms with E-state index in [0.29, 0.717) is 6.54 Å². The Kier molecular flexibility index (Phi) is 7.42. The highest BCUT2D eigenvalue weighted by molar-refractivity contribution is 5.81. The fraction of sp³-hybridized carbons (Fsp3) is 0.900. The summed E-state index contributed by atoms with van der Waals surface area (Å²) in [7, 11) is 1.62. The first kappa shape index (κ1) is 13.4. The third-order valence-corrected chi connectivity index (χ3v) is 2.17. The Morgan fingerprint density at radius 1 is 1.57 bits per heavy atom. The number of nitrogens with two attached hydrogens (primary N) is 1. The van der Waals surface area contributed by atoms with E-state index in [2.05, 4.69) is 12.2 Å². The zero-order valence-electron chi connectivity index (χ0n) is 9.38. The van der Waals surface area contributed by atoms with Crippen molar-refractivity contribution in [3.8, 4) is 0 Å².